The minimum Gasteiger partial charge on any atom is -0.395 e. The van der Waals surface area contributed by atoms with Gasteiger partial charge in [0.05, 0.1) is 33.8 Å². The number of carbonyl (C=O) groups is 1. The van der Waals surface area contributed by atoms with Crippen molar-refractivity contribution in [3.05, 3.63) is 47.0 Å². The van der Waals surface area contributed by atoms with Crippen molar-refractivity contribution in [2.45, 2.75) is 33.2 Å². The number of aliphatic hydroxyl groups is 1. The van der Waals surface area contributed by atoms with Crippen LogP contribution in [0.5, 0.6) is 0 Å². The van der Waals surface area contributed by atoms with Crippen LogP contribution in [0.15, 0.2) is 36.4 Å². The highest BCUT2D eigenvalue weighted by molar-refractivity contribution is 6.33. The molecular formula is C23H28ClN5O2. The van der Waals surface area contributed by atoms with Crippen LogP contribution in [-0.2, 0) is 11.3 Å². The number of H-pyrrole nitrogens is 1. The van der Waals surface area contributed by atoms with Crippen LogP contribution in [0.3, 0.4) is 0 Å². The van der Waals surface area contributed by atoms with E-state index in [9.17, 15) is 9.90 Å². The number of aliphatic hydroxyl groups excluding tert-OH is 1. The van der Waals surface area contributed by atoms with Crippen LogP contribution in [0.4, 0.5) is 17.3 Å². The molecule has 1 aliphatic heterocycles. The highest BCUT2D eigenvalue weighted by atomic mass is 35.5. The number of nitrogens with one attached hydrogen (secondary N) is 3. The first-order chi connectivity index (χ1) is 14.9. The lowest BCUT2D eigenvalue weighted by atomic mass is 9.94. The third-order valence-electron chi connectivity index (χ3n) is 5.68. The zero-order valence-electron chi connectivity index (χ0n) is 17.8. The molecule has 0 aliphatic carbocycles. The molecule has 0 atom stereocenters. The lowest BCUT2D eigenvalue weighted by molar-refractivity contribution is -0.131. The number of carbonyl (C=O) groups excluding carboxylic acids is 1. The van der Waals surface area contributed by atoms with Crippen LogP contribution < -0.4 is 15.5 Å². The Bertz CT molecular complexity index is 1090. The third-order valence-corrected chi connectivity index (χ3v) is 6.01. The molecule has 4 rings (SSSR count). The second kappa shape index (κ2) is 8.77. The molecule has 4 N–H and O–H groups in total. The van der Waals surface area contributed by atoms with Crippen LogP contribution in [-0.4, -0.2) is 40.7 Å². The van der Waals surface area contributed by atoms with Gasteiger partial charge in [0, 0.05) is 25.3 Å². The molecule has 0 radical (unpaired) electrons. The Labute approximate surface area is 186 Å². The fraction of sp³-hybridized carbons (Fsp3) is 0.391. The number of nitrogens with zero attached hydrogens (tertiary/aromatic N) is 2. The maximum absolute atomic E-state index is 12.2. The summed E-state index contributed by atoms with van der Waals surface area (Å²) in [5.41, 5.74) is 3.82. The summed E-state index contributed by atoms with van der Waals surface area (Å²) < 4.78 is 0. The van der Waals surface area contributed by atoms with E-state index in [0.717, 1.165) is 29.7 Å². The van der Waals surface area contributed by atoms with E-state index in [0.29, 0.717) is 23.2 Å². The van der Waals surface area contributed by atoms with Gasteiger partial charge in [-0.05, 0) is 62.6 Å². The Kier molecular flexibility index (Phi) is 6.07. The van der Waals surface area contributed by atoms with Crippen molar-refractivity contribution in [1.82, 2.24) is 15.3 Å². The Hall–Kier alpha value is -2.77. The third kappa shape index (κ3) is 4.78. The van der Waals surface area contributed by atoms with Crippen LogP contribution in [0.2, 0.25) is 5.02 Å². The SMILES string of the molecule is CC(C)(CO)C(=O)NCc1ccc(Cl)c(Nc2nc3cc(N4CCCC4)ccc3[nH]2)c1. The van der Waals surface area contributed by atoms with Gasteiger partial charge in [0.2, 0.25) is 11.9 Å². The summed E-state index contributed by atoms with van der Waals surface area (Å²) >= 11 is 6.38. The first-order valence-electron chi connectivity index (χ1n) is 10.5. The zero-order chi connectivity index (χ0) is 22.0. The molecule has 1 amide bonds. The second-order valence-corrected chi connectivity index (χ2v) is 9.05. The lowest BCUT2D eigenvalue weighted by Gasteiger charge is -2.20. The van der Waals surface area contributed by atoms with Crippen molar-refractivity contribution in [3.63, 3.8) is 0 Å². The molecule has 1 fully saturated rings. The summed E-state index contributed by atoms with van der Waals surface area (Å²) in [6.07, 6.45) is 2.47. The topological polar surface area (TPSA) is 93.3 Å². The van der Waals surface area contributed by atoms with Crippen LogP contribution in [0.1, 0.15) is 32.3 Å². The van der Waals surface area contributed by atoms with Crippen LogP contribution in [0.25, 0.3) is 11.0 Å². The van der Waals surface area contributed by atoms with E-state index in [2.05, 4.69) is 43.7 Å². The number of benzene rings is 2. The second-order valence-electron chi connectivity index (χ2n) is 8.64. The van der Waals surface area contributed by atoms with E-state index in [1.807, 2.05) is 12.1 Å². The lowest BCUT2D eigenvalue weighted by Crippen LogP contribution is -2.38. The number of rotatable bonds is 7. The van der Waals surface area contributed by atoms with Crippen LogP contribution >= 0.6 is 11.6 Å². The number of aromatic nitrogens is 2. The number of hydrogen-bond acceptors (Lipinski definition) is 5. The number of halogens is 1. The number of hydrogen-bond donors (Lipinski definition) is 4. The molecule has 0 bridgehead atoms. The predicted octanol–water partition coefficient (Wildman–Crippen LogP) is 4.19. The van der Waals surface area contributed by atoms with Crippen molar-refractivity contribution < 1.29 is 9.90 Å². The summed E-state index contributed by atoms with van der Waals surface area (Å²) in [5, 5.41) is 16.0. The van der Waals surface area contributed by atoms with Gasteiger partial charge in [0.15, 0.2) is 0 Å². The van der Waals surface area contributed by atoms with Gasteiger partial charge in [0.1, 0.15) is 0 Å². The number of aromatic amines is 1. The summed E-state index contributed by atoms with van der Waals surface area (Å²) in [6, 6.07) is 11.8. The molecule has 1 saturated heterocycles. The molecule has 164 valence electrons. The van der Waals surface area contributed by atoms with Crippen molar-refractivity contribution in [2.75, 3.05) is 29.9 Å². The summed E-state index contributed by atoms with van der Waals surface area (Å²) in [4.78, 5) is 22.6. The van der Waals surface area contributed by atoms with Gasteiger partial charge in [0.25, 0.3) is 0 Å². The van der Waals surface area contributed by atoms with Gasteiger partial charge in [-0.25, -0.2) is 4.98 Å². The molecule has 8 heteroatoms. The standard InChI is InChI=1S/C23H28ClN5O2/c1-23(2,14-30)21(31)25-13-15-5-7-17(24)19(11-15)27-22-26-18-8-6-16(12-20(18)28-22)29-9-3-4-10-29/h5-8,11-12,30H,3-4,9-10,13-14H2,1-2H3,(H,25,31)(H2,26,27,28). The maximum atomic E-state index is 12.2. The number of amides is 1. The van der Waals surface area contributed by atoms with Crippen molar-refractivity contribution in [2.24, 2.45) is 5.41 Å². The Morgan fingerprint density at radius 2 is 2.00 bits per heavy atom. The van der Waals surface area contributed by atoms with E-state index in [4.69, 9.17) is 11.6 Å². The molecule has 7 nitrogen and oxygen atoms in total. The summed E-state index contributed by atoms with van der Waals surface area (Å²) in [6.45, 7) is 5.72. The van der Waals surface area contributed by atoms with Gasteiger partial charge in [-0.15, -0.1) is 0 Å². The Morgan fingerprint density at radius 3 is 2.74 bits per heavy atom. The summed E-state index contributed by atoms with van der Waals surface area (Å²) in [5.74, 6) is 0.406. The van der Waals surface area contributed by atoms with E-state index in [1.165, 1.54) is 18.5 Å². The molecule has 0 saturated carbocycles. The first kappa shape index (κ1) is 21.5. The minimum absolute atomic E-state index is 0.203. The summed E-state index contributed by atoms with van der Waals surface area (Å²) in [7, 11) is 0. The predicted molar refractivity (Wildman–Crippen MR) is 125 cm³/mol. The number of imidazole rings is 1. The normalized spacial score (nSPS) is 14.3. The molecule has 2 aromatic carbocycles. The van der Waals surface area contributed by atoms with Crippen molar-refractivity contribution in [3.8, 4) is 0 Å². The Morgan fingerprint density at radius 1 is 1.23 bits per heavy atom. The van der Waals surface area contributed by atoms with E-state index in [1.54, 1.807) is 19.9 Å². The van der Waals surface area contributed by atoms with E-state index in [-0.39, 0.29) is 12.5 Å². The van der Waals surface area contributed by atoms with E-state index >= 15 is 0 Å². The monoisotopic (exact) mass is 441 g/mol. The highest BCUT2D eigenvalue weighted by Crippen LogP contribution is 2.29. The first-order valence-corrected chi connectivity index (χ1v) is 10.9. The molecule has 1 aromatic heterocycles. The van der Waals surface area contributed by atoms with Gasteiger partial charge in [-0.2, -0.15) is 0 Å². The molecule has 31 heavy (non-hydrogen) atoms. The van der Waals surface area contributed by atoms with Gasteiger partial charge in [-0.3, -0.25) is 4.79 Å². The van der Waals surface area contributed by atoms with Gasteiger partial charge < -0.3 is 25.6 Å². The largest absolute Gasteiger partial charge is 0.395 e. The Balaban J connectivity index is 1.49. The molecule has 0 spiro atoms. The molecule has 1 aliphatic rings. The molecule has 2 heterocycles. The molecule has 3 aromatic rings. The average molecular weight is 442 g/mol. The fourth-order valence-electron chi connectivity index (χ4n) is 3.62. The number of anilines is 3. The highest BCUT2D eigenvalue weighted by Gasteiger charge is 2.26. The molecular weight excluding hydrogens is 414 g/mol. The van der Waals surface area contributed by atoms with Gasteiger partial charge >= 0.3 is 0 Å². The van der Waals surface area contributed by atoms with E-state index < -0.39 is 5.41 Å². The van der Waals surface area contributed by atoms with Gasteiger partial charge in [-0.1, -0.05) is 17.7 Å². The van der Waals surface area contributed by atoms with Crippen LogP contribution in [0, 0.1) is 5.41 Å². The smallest absolute Gasteiger partial charge is 0.228 e. The quantitative estimate of drug-likeness (QED) is 0.441. The van der Waals surface area contributed by atoms with Crippen molar-refractivity contribution in [1.29, 1.82) is 0 Å². The fourth-order valence-corrected chi connectivity index (χ4v) is 3.79. The average Bonchev–Trinajstić information content (AvgIpc) is 3.43. The number of fused-ring (bicyclic) bond motifs is 1. The van der Waals surface area contributed by atoms with Crippen molar-refractivity contribution >= 4 is 45.9 Å². The zero-order valence-corrected chi connectivity index (χ0v) is 18.6. The maximum Gasteiger partial charge on any atom is 0.228 e. The molecule has 0 unspecified atom stereocenters. The minimum atomic E-state index is -0.824.